The molecule has 2 aromatic rings. The minimum Gasteiger partial charge on any atom is -0.491 e. The fourth-order valence-corrected chi connectivity index (χ4v) is 3.45. The second kappa shape index (κ2) is 7.80. The van der Waals surface area contributed by atoms with Crippen LogP contribution in [0.1, 0.15) is 33.6 Å². The van der Waals surface area contributed by atoms with Crippen molar-refractivity contribution in [2.24, 2.45) is 5.41 Å². The Bertz CT molecular complexity index is 876. The molecule has 5 nitrogen and oxygen atoms in total. The first-order chi connectivity index (χ1) is 13.1. The monoisotopic (exact) mass is 422 g/mol. The summed E-state index contributed by atoms with van der Waals surface area (Å²) in [5.74, 6) is 0.623. The first kappa shape index (κ1) is 20.7. The van der Waals surface area contributed by atoms with Crippen LogP contribution in [-0.4, -0.2) is 39.8 Å². The molecule has 1 aliphatic rings. The zero-order valence-electron chi connectivity index (χ0n) is 16.2. The number of carboxylic acid groups (broad SMARTS) is 1. The third kappa shape index (κ3) is 4.89. The van der Waals surface area contributed by atoms with Crippen LogP contribution in [0.3, 0.4) is 0 Å². The maximum absolute atomic E-state index is 11.6. The van der Waals surface area contributed by atoms with E-state index in [1.54, 1.807) is 30.6 Å². The lowest BCUT2D eigenvalue weighted by atomic mass is 10.0. The number of benzene rings is 1. The molecule has 7 heteroatoms. The van der Waals surface area contributed by atoms with Crippen molar-refractivity contribution >= 4 is 29.3 Å². The molecule has 1 heterocycles. The maximum Gasteiger partial charge on any atom is 0.407 e. The molecular weight excluding hydrogens is 399 g/mol. The largest absolute Gasteiger partial charge is 0.491 e. The lowest BCUT2D eigenvalue weighted by molar-refractivity contribution is 0.0746. The molecule has 1 aromatic carbocycles. The molecule has 0 bridgehead atoms. The molecule has 1 aromatic heterocycles. The first-order valence-electron chi connectivity index (χ1n) is 9.14. The van der Waals surface area contributed by atoms with Gasteiger partial charge in [-0.15, -0.1) is 0 Å². The van der Waals surface area contributed by atoms with E-state index >= 15 is 0 Å². The van der Waals surface area contributed by atoms with Gasteiger partial charge in [0.2, 0.25) is 0 Å². The van der Waals surface area contributed by atoms with Gasteiger partial charge in [0, 0.05) is 44.9 Å². The highest BCUT2D eigenvalue weighted by Crippen LogP contribution is 2.47. The van der Waals surface area contributed by atoms with Crippen molar-refractivity contribution in [2.45, 2.75) is 39.2 Å². The zero-order valence-corrected chi connectivity index (χ0v) is 17.7. The molecule has 0 saturated heterocycles. The number of rotatable bonds is 6. The molecule has 1 N–H and O–H groups in total. The smallest absolute Gasteiger partial charge is 0.407 e. The summed E-state index contributed by atoms with van der Waals surface area (Å²) < 4.78 is 6.00. The molecule has 0 aliphatic heterocycles. The van der Waals surface area contributed by atoms with Crippen molar-refractivity contribution < 1.29 is 14.6 Å². The normalized spacial score (nSPS) is 15.2. The van der Waals surface area contributed by atoms with E-state index in [4.69, 9.17) is 27.9 Å². The highest BCUT2D eigenvalue weighted by atomic mass is 35.5. The summed E-state index contributed by atoms with van der Waals surface area (Å²) in [4.78, 5) is 17.4. The maximum atomic E-state index is 11.6. The van der Waals surface area contributed by atoms with Gasteiger partial charge in [0.15, 0.2) is 0 Å². The van der Waals surface area contributed by atoms with Gasteiger partial charge >= 0.3 is 6.09 Å². The fourth-order valence-electron chi connectivity index (χ4n) is 3.05. The molecular formula is C21H24Cl2N2O3. The van der Waals surface area contributed by atoms with Gasteiger partial charge in [0.05, 0.1) is 12.8 Å². The van der Waals surface area contributed by atoms with E-state index in [9.17, 15) is 9.90 Å². The van der Waals surface area contributed by atoms with Crippen LogP contribution >= 0.6 is 23.2 Å². The number of amides is 1. The average Bonchev–Trinajstić information content (AvgIpc) is 3.39. The molecule has 0 spiro atoms. The fraction of sp³-hybridized carbons (Fsp3) is 0.429. The molecule has 1 fully saturated rings. The summed E-state index contributed by atoms with van der Waals surface area (Å²) in [5, 5.41) is 10.7. The van der Waals surface area contributed by atoms with E-state index in [1.165, 1.54) is 4.90 Å². The standard InChI is InChI=1S/C21H24Cl2N2O3/c1-20(2,3)25(19(26)27)12-21(6-7-21)13-28-16-8-14(10-24-11-16)17-9-15(22)4-5-18(17)23/h4-5,8-11H,6-7,12-13H2,1-3H3,(H,26,27). The van der Waals surface area contributed by atoms with Gasteiger partial charge in [0.25, 0.3) is 0 Å². The predicted octanol–water partition coefficient (Wildman–Crippen LogP) is 5.99. The second-order valence-corrected chi connectivity index (χ2v) is 9.21. The van der Waals surface area contributed by atoms with Gasteiger partial charge in [-0.25, -0.2) is 4.79 Å². The number of hydrogen-bond acceptors (Lipinski definition) is 3. The van der Waals surface area contributed by atoms with Crippen molar-refractivity contribution in [3.05, 3.63) is 46.7 Å². The van der Waals surface area contributed by atoms with E-state index < -0.39 is 11.6 Å². The van der Waals surface area contributed by atoms with Crippen molar-refractivity contribution in [3.63, 3.8) is 0 Å². The van der Waals surface area contributed by atoms with E-state index in [0.29, 0.717) is 28.9 Å². The Morgan fingerprint density at radius 3 is 2.57 bits per heavy atom. The molecule has 1 saturated carbocycles. The molecule has 1 amide bonds. The van der Waals surface area contributed by atoms with Crippen molar-refractivity contribution in [1.82, 2.24) is 9.88 Å². The SMILES string of the molecule is CC(C)(C)N(CC1(COc2cncc(-c3cc(Cl)ccc3Cl)c2)CC1)C(=O)O. The van der Waals surface area contributed by atoms with Crippen LogP contribution in [0.4, 0.5) is 4.79 Å². The Kier molecular flexibility index (Phi) is 5.78. The Morgan fingerprint density at radius 2 is 1.96 bits per heavy atom. The minimum atomic E-state index is -0.905. The van der Waals surface area contributed by atoms with Crippen LogP contribution in [-0.2, 0) is 0 Å². The second-order valence-electron chi connectivity index (χ2n) is 8.36. The number of pyridine rings is 1. The van der Waals surface area contributed by atoms with E-state index in [0.717, 1.165) is 24.0 Å². The molecule has 0 radical (unpaired) electrons. The van der Waals surface area contributed by atoms with E-state index in [2.05, 4.69) is 4.98 Å². The van der Waals surface area contributed by atoms with Crippen LogP contribution in [0.25, 0.3) is 11.1 Å². The average molecular weight is 423 g/mol. The molecule has 1 aliphatic carbocycles. The number of nitrogens with zero attached hydrogens (tertiary/aromatic N) is 2. The van der Waals surface area contributed by atoms with Gasteiger partial charge in [-0.05, 0) is 57.9 Å². The molecule has 0 atom stereocenters. The van der Waals surface area contributed by atoms with Crippen LogP contribution in [0.2, 0.25) is 10.0 Å². The summed E-state index contributed by atoms with van der Waals surface area (Å²) in [7, 11) is 0. The quantitative estimate of drug-likeness (QED) is 0.620. The Hall–Kier alpha value is -1.98. The van der Waals surface area contributed by atoms with Crippen molar-refractivity contribution in [2.75, 3.05) is 13.2 Å². The number of halogens is 2. The van der Waals surface area contributed by atoms with E-state index in [-0.39, 0.29) is 5.41 Å². The van der Waals surface area contributed by atoms with Crippen LogP contribution in [0, 0.1) is 5.41 Å². The summed E-state index contributed by atoms with van der Waals surface area (Å²) in [6.45, 7) is 6.61. The zero-order chi connectivity index (χ0) is 20.5. The molecule has 28 heavy (non-hydrogen) atoms. The van der Waals surface area contributed by atoms with Crippen molar-refractivity contribution in [1.29, 1.82) is 0 Å². The van der Waals surface area contributed by atoms with E-state index in [1.807, 2.05) is 26.8 Å². The van der Waals surface area contributed by atoms with Gasteiger partial charge in [0.1, 0.15) is 5.75 Å². The summed E-state index contributed by atoms with van der Waals surface area (Å²) in [5.41, 5.74) is 1.01. The summed E-state index contributed by atoms with van der Waals surface area (Å²) in [6, 6.07) is 7.15. The molecule has 150 valence electrons. The number of ether oxygens (including phenoxy) is 1. The van der Waals surface area contributed by atoms with Crippen molar-refractivity contribution in [3.8, 4) is 16.9 Å². The lowest BCUT2D eigenvalue weighted by Crippen LogP contribution is -2.48. The van der Waals surface area contributed by atoms with Crippen LogP contribution in [0.5, 0.6) is 5.75 Å². The third-order valence-corrected chi connectivity index (χ3v) is 5.55. The van der Waals surface area contributed by atoms with Gasteiger partial charge in [-0.3, -0.25) is 4.98 Å². The molecule has 0 unspecified atom stereocenters. The minimum absolute atomic E-state index is 0.143. The third-order valence-electron chi connectivity index (χ3n) is 4.99. The Balaban J connectivity index is 1.71. The summed E-state index contributed by atoms with van der Waals surface area (Å²) >= 11 is 12.4. The topological polar surface area (TPSA) is 62.7 Å². The summed E-state index contributed by atoms with van der Waals surface area (Å²) in [6.07, 6.45) is 4.35. The lowest BCUT2D eigenvalue weighted by Gasteiger charge is -2.36. The molecule has 3 rings (SSSR count). The number of aromatic nitrogens is 1. The Labute approximate surface area is 175 Å². The number of hydrogen-bond donors (Lipinski definition) is 1. The first-order valence-corrected chi connectivity index (χ1v) is 9.89. The Morgan fingerprint density at radius 1 is 1.25 bits per heavy atom. The van der Waals surface area contributed by atoms with Crippen LogP contribution < -0.4 is 4.74 Å². The van der Waals surface area contributed by atoms with Crippen LogP contribution in [0.15, 0.2) is 36.7 Å². The highest BCUT2D eigenvalue weighted by Gasteiger charge is 2.47. The predicted molar refractivity (Wildman–Crippen MR) is 111 cm³/mol. The number of carbonyl (C=O) groups is 1. The highest BCUT2D eigenvalue weighted by molar-refractivity contribution is 6.35. The van der Waals surface area contributed by atoms with Gasteiger partial charge < -0.3 is 14.7 Å². The van der Waals surface area contributed by atoms with Gasteiger partial charge in [-0.1, -0.05) is 23.2 Å². The van der Waals surface area contributed by atoms with Gasteiger partial charge in [-0.2, -0.15) is 0 Å².